The van der Waals surface area contributed by atoms with Gasteiger partial charge in [-0.15, -0.1) is 0 Å². The van der Waals surface area contributed by atoms with Crippen molar-refractivity contribution >= 4 is 5.91 Å². The van der Waals surface area contributed by atoms with Gasteiger partial charge in [0.05, 0.1) is 6.04 Å². The molecule has 2 nitrogen and oxygen atoms in total. The molecule has 1 aliphatic carbocycles. The molecule has 2 heteroatoms. The molecule has 0 heterocycles. The molecule has 0 fully saturated rings. The largest absolute Gasteiger partial charge is 0.350 e. The molecule has 2 aromatic rings. The SMILES string of the molecule is CC(=O)N[C@H]1CC[C@@H](c2ccccc2)c2ccccc21. The molecule has 0 bridgehead atoms. The summed E-state index contributed by atoms with van der Waals surface area (Å²) in [6.45, 7) is 1.59. The van der Waals surface area contributed by atoms with E-state index in [-0.39, 0.29) is 11.9 Å². The highest BCUT2D eigenvalue weighted by Crippen LogP contribution is 2.40. The molecule has 0 radical (unpaired) electrons. The lowest BCUT2D eigenvalue weighted by Gasteiger charge is -2.32. The molecule has 2 aromatic carbocycles. The third-order valence-corrected chi connectivity index (χ3v) is 4.07. The molecule has 2 atom stereocenters. The number of hydrogen-bond donors (Lipinski definition) is 1. The molecule has 20 heavy (non-hydrogen) atoms. The number of carbonyl (C=O) groups excluding carboxylic acids is 1. The number of benzene rings is 2. The molecule has 1 aliphatic rings. The Morgan fingerprint density at radius 2 is 1.60 bits per heavy atom. The Morgan fingerprint density at radius 3 is 2.30 bits per heavy atom. The summed E-state index contributed by atoms with van der Waals surface area (Å²) in [5.74, 6) is 0.486. The zero-order valence-electron chi connectivity index (χ0n) is 11.7. The van der Waals surface area contributed by atoms with E-state index in [9.17, 15) is 4.79 Å². The van der Waals surface area contributed by atoms with E-state index < -0.39 is 0 Å². The van der Waals surface area contributed by atoms with E-state index in [2.05, 4.69) is 59.9 Å². The number of carbonyl (C=O) groups is 1. The predicted octanol–water partition coefficient (Wildman–Crippen LogP) is 3.79. The molecule has 0 unspecified atom stereocenters. The van der Waals surface area contributed by atoms with Gasteiger partial charge in [0.15, 0.2) is 0 Å². The van der Waals surface area contributed by atoms with Crippen LogP contribution in [-0.4, -0.2) is 5.91 Å². The van der Waals surface area contributed by atoms with E-state index in [4.69, 9.17) is 0 Å². The monoisotopic (exact) mass is 265 g/mol. The third kappa shape index (κ3) is 2.46. The Labute approximate surface area is 119 Å². The van der Waals surface area contributed by atoms with Crippen molar-refractivity contribution in [1.29, 1.82) is 0 Å². The minimum absolute atomic E-state index is 0.0444. The fourth-order valence-electron chi connectivity index (χ4n) is 3.22. The lowest BCUT2D eigenvalue weighted by Crippen LogP contribution is -2.30. The Bertz CT molecular complexity index is 606. The smallest absolute Gasteiger partial charge is 0.217 e. The van der Waals surface area contributed by atoms with Gasteiger partial charge in [-0.1, -0.05) is 54.6 Å². The van der Waals surface area contributed by atoms with Crippen molar-refractivity contribution in [3.05, 3.63) is 71.3 Å². The molecule has 102 valence electrons. The Morgan fingerprint density at radius 1 is 0.950 bits per heavy atom. The molecule has 1 amide bonds. The molecular formula is C18H19NO. The maximum atomic E-state index is 11.4. The number of rotatable bonds is 2. The fraction of sp³-hybridized carbons (Fsp3) is 0.278. The summed E-state index contributed by atoms with van der Waals surface area (Å²) < 4.78 is 0. The van der Waals surface area contributed by atoms with Crippen LogP contribution >= 0.6 is 0 Å². The van der Waals surface area contributed by atoms with E-state index in [1.54, 1.807) is 6.92 Å². The molecule has 0 saturated heterocycles. The van der Waals surface area contributed by atoms with Crippen LogP contribution in [0, 0.1) is 0 Å². The highest BCUT2D eigenvalue weighted by Gasteiger charge is 2.28. The Balaban J connectivity index is 1.99. The van der Waals surface area contributed by atoms with Gasteiger partial charge in [0.2, 0.25) is 5.91 Å². The first-order chi connectivity index (χ1) is 9.75. The van der Waals surface area contributed by atoms with E-state index >= 15 is 0 Å². The fourth-order valence-corrected chi connectivity index (χ4v) is 3.22. The van der Waals surface area contributed by atoms with Crippen molar-refractivity contribution in [2.45, 2.75) is 31.7 Å². The highest BCUT2D eigenvalue weighted by molar-refractivity contribution is 5.73. The summed E-state index contributed by atoms with van der Waals surface area (Å²) in [7, 11) is 0. The van der Waals surface area contributed by atoms with Crippen LogP contribution < -0.4 is 5.32 Å². The lowest BCUT2D eigenvalue weighted by atomic mass is 9.77. The summed E-state index contributed by atoms with van der Waals surface area (Å²) in [6.07, 6.45) is 2.07. The van der Waals surface area contributed by atoms with Gasteiger partial charge in [-0.05, 0) is 29.5 Å². The second-order valence-corrected chi connectivity index (χ2v) is 5.42. The quantitative estimate of drug-likeness (QED) is 0.879. The van der Waals surface area contributed by atoms with Crippen LogP contribution in [0.2, 0.25) is 0 Å². The molecule has 0 spiro atoms. The van der Waals surface area contributed by atoms with E-state index in [1.165, 1.54) is 16.7 Å². The summed E-state index contributed by atoms with van der Waals surface area (Å²) in [6, 6.07) is 19.3. The van der Waals surface area contributed by atoms with E-state index in [0.29, 0.717) is 5.92 Å². The summed E-state index contributed by atoms with van der Waals surface area (Å²) in [5, 5.41) is 3.07. The number of amides is 1. The average Bonchev–Trinajstić information content (AvgIpc) is 2.48. The van der Waals surface area contributed by atoms with Gasteiger partial charge in [-0.3, -0.25) is 4.79 Å². The maximum Gasteiger partial charge on any atom is 0.217 e. The molecule has 3 rings (SSSR count). The second kappa shape index (κ2) is 5.49. The van der Waals surface area contributed by atoms with Gasteiger partial charge in [0.1, 0.15) is 0 Å². The normalized spacial score (nSPS) is 21.1. The standard InChI is InChI=1S/C18H19NO/c1-13(20)19-18-12-11-15(14-7-3-2-4-8-14)16-9-5-6-10-17(16)18/h2-10,15,18H,11-12H2,1H3,(H,19,20)/t15-,18-/m0/s1. The van der Waals surface area contributed by atoms with Crippen LogP contribution in [0.25, 0.3) is 0 Å². The van der Waals surface area contributed by atoms with Crippen LogP contribution in [0.15, 0.2) is 54.6 Å². The molecular weight excluding hydrogens is 246 g/mol. The van der Waals surface area contributed by atoms with Crippen molar-refractivity contribution in [2.24, 2.45) is 0 Å². The van der Waals surface area contributed by atoms with Gasteiger partial charge in [0, 0.05) is 12.8 Å². The zero-order chi connectivity index (χ0) is 13.9. The maximum absolute atomic E-state index is 11.4. The molecule has 0 aliphatic heterocycles. The summed E-state index contributed by atoms with van der Waals surface area (Å²) >= 11 is 0. The topological polar surface area (TPSA) is 29.1 Å². The van der Waals surface area contributed by atoms with Crippen molar-refractivity contribution in [3.8, 4) is 0 Å². The number of nitrogens with one attached hydrogen (secondary N) is 1. The second-order valence-electron chi connectivity index (χ2n) is 5.42. The van der Waals surface area contributed by atoms with Crippen molar-refractivity contribution in [1.82, 2.24) is 5.32 Å². The van der Waals surface area contributed by atoms with Gasteiger partial charge < -0.3 is 5.32 Å². The Kier molecular flexibility index (Phi) is 3.55. The number of hydrogen-bond acceptors (Lipinski definition) is 1. The first kappa shape index (κ1) is 12.9. The van der Waals surface area contributed by atoms with Gasteiger partial charge in [0.25, 0.3) is 0 Å². The minimum atomic E-state index is 0.0444. The van der Waals surface area contributed by atoms with Crippen LogP contribution in [0.1, 0.15) is 48.4 Å². The van der Waals surface area contributed by atoms with Crippen molar-refractivity contribution in [2.75, 3.05) is 0 Å². The predicted molar refractivity (Wildman–Crippen MR) is 80.5 cm³/mol. The first-order valence-electron chi connectivity index (χ1n) is 7.16. The van der Waals surface area contributed by atoms with Crippen molar-refractivity contribution < 1.29 is 4.79 Å². The van der Waals surface area contributed by atoms with Crippen LogP contribution in [0.5, 0.6) is 0 Å². The zero-order valence-corrected chi connectivity index (χ0v) is 11.7. The van der Waals surface area contributed by atoms with E-state index in [0.717, 1.165) is 12.8 Å². The number of fused-ring (bicyclic) bond motifs is 1. The van der Waals surface area contributed by atoms with Gasteiger partial charge in [-0.2, -0.15) is 0 Å². The van der Waals surface area contributed by atoms with Crippen LogP contribution in [-0.2, 0) is 4.79 Å². The van der Waals surface area contributed by atoms with Gasteiger partial charge >= 0.3 is 0 Å². The first-order valence-corrected chi connectivity index (χ1v) is 7.16. The van der Waals surface area contributed by atoms with Crippen LogP contribution in [0.3, 0.4) is 0 Å². The minimum Gasteiger partial charge on any atom is -0.350 e. The average molecular weight is 265 g/mol. The highest BCUT2D eigenvalue weighted by atomic mass is 16.1. The van der Waals surface area contributed by atoms with Crippen LogP contribution in [0.4, 0.5) is 0 Å². The van der Waals surface area contributed by atoms with E-state index in [1.807, 2.05) is 0 Å². The summed E-state index contributed by atoms with van der Waals surface area (Å²) in [4.78, 5) is 11.4. The third-order valence-electron chi connectivity index (χ3n) is 4.07. The molecule has 0 aromatic heterocycles. The van der Waals surface area contributed by atoms with Gasteiger partial charge in [-0.25, -0.2) is 0 Å². The Hall–Kier alpha value is -2.09. The molecule has 1 N–H and O–H groups in total. The summed E-state index contributed by atoms with van der Waals surface area (Å²) in [5.41, 5.74) is 3.98. The van der Waals surface area contributed by atoms with Crippen molar-refractivity contribution in [3.63, 3.8) is 0 Å². The lowest BCUT2D eigenvalue weighted by molar-refractivity contribution is -0.119. The molecule has 0 saturated carbocycles.